The van der Waals surface area contributed by atoms with Gasteiger partial charge in [0, 0.05) is 0 Å². The van der Waals surface area contributed by atoms with Crippen molar-refractivity contribution in [3.05, 3.63) is 58.6 Å². The standard InChI is InChI=1S/C18H17Cl2NO4/c1-2-15(25-12-7-4-3-5-8-12)18(23)24-11-16(22)21-17-13(19)9-6-10-14(17)20/h3-10,15H,2,11H2,1H3,(H,21,22)/t15-/m0/s1. The van der Waals surface area contributed by atoms with Crippen molar-refractivity contribution in [3.8, 4) is 5.75 Å². The first-order valence-electron chi connectivity index (χ1n) is 7.63. The van der Waals surface area contributed by atoms with Crippen molar-refractivity contribution < 1.29 is 19.1 Å². The minimum absolute atomic E-state index is 0.277. The van der Waals surface area contributed by atoms with Crippen LogP contribution in [0.5, 0.6) is 5.75 Å². The maximum absolute atomic E-state index is 12.1. The summed E-state index contributed by atoms with van der Waals surface area (Å²) in [6.07, 6.45) is -0.384. The zero-order chi connectivity index (χ0) is 18.2. The number of benzene rings is 2. The average molecular weight is 382 g/mol. The highest BCUT2D eigenvalue weighted by molar-refractivity contribution is 6.39. The number of anilines is 1. The Labute approximate surface area is 155 Å². The van der Waals surface area contributed by atoms with Crippen LogP contribution in [0.2, 0.25) is 10.0 Å². The number of carbonyl (C=O) groups is 2. The predicted molar refractivity (Wildman–Crippen MR) is 97.2 cm³/mol. The first kappa shape index (κ1) is 19.1. The lowest BCUT2D eigenvalue weighted by Gasteiger charge is -2.16. The highest BCUT2D eigenvalue weighted by Crippen LogP contribution is 2.29. The van der Waals surface area contributed by atoms with Crippen molar-refractivity contribution >= 4 is 40.8 Å². The number of carbonyl (C=O) groups excluding carboxylic acids is 2. The fourth-order valence-electron chi connectivity index (χ4n) is 1.98. The van der Waals surface area contributed by atoms with E-state index >= 15 is 0 Å². The quantitative estimate of drug-likeness (QED) is 0.724. The van der Waals surface area contributed by atoms with E-state index in [0.717, 1.165) is 0 Å². The van der Waals surface area contributed by atoms with Gasteiger partial charge in [-0.1, -0.05) is 54.4 Å². The molecule has 7 heteroatoms. The van der Waals surface area contributed by atoms with Crippen LogP contribution in [0.15, 0.2) is 48.5 Å². The molecular weight excluding hydrogens is 365 g/mol. The molecule has 0 saturated heterocycles. The van der Waals surface area contributed by atoms with Crippen molar-refractivity contribution in [2.75, 3.05) is 11.9 Å². The molecule has 1 amide bonds. The Balaban J connectivity index is 1.88. The smallest absolute Gasteiger partial charge is 0.347 e. The number of amides is 1. The monoisotopic (exact) mass is 381 g/mol. The molecule has 25 heavy (non-hydrogen) atoms. The highest BCUT2D eigenvalue weighted by atomic mass is 35.5. The fraction of sp³-hybridized carbons (Fsp3) is 0.222. The Morgan fingerprint density at radius 3 is 2.28 bits per heavy atom. The molecule has 0 aliphatic carbocycles. The molecule has 2 aromatic carbocycles. The average Bonchev–Trinajstić information content (AvgIpc) is 2.61. The van der Waals surface area contributed by atoms with E-state index in [1.807, 2.05) is 6.07 Å². The maximum Gasteiger partial charge on any atom is 0.347 e. The van der Waals surface area contributed by atoms with Crippen LogP contribution in [-0.4, -0.2) is 24.6 Å². The van der Waals surface area contributed by atoms with Gasteiger partial charge in [-0.05, 0) is 30.7 Å². The second-order valence-corrected chi connectivity index (χ2v) is 5.89. The van der Waals surface area contributed by atoms with Gasteiger partial charge < -0.3 is 14.8 Å². The molecule has 0 heterocycles. The van der Waals surface area contributed by atoms with Crippen LogP contribution in [0, 0.1) is 0 Å². The minimum Gasteiger partial charge on any atom is -0.479 e. The summed E-state index contributed by atoms with van der Waals surface area (Å²) in [4.78, 5) is 24.0. The molecule has 0 saturated carbocycles. The zero-order valence-corrected chi connectivity index (χ0v) is 15.0. The number of para-hydroxylation sites is 2. The lowest BCUT2D eigenvalue weighted by molar-refractivity contribution is -0.154. The van der Waals surface area contributed by atoms with E-state index in [0.29, 0.717) is 22.2 Å². The van der Waals surface area contributed by atoms with E-state index in [9.17, 15) is 9.59 Å². The maximum atomic E-state index is 12.1. The number of esters is 1. The van der Waals surface area contributed by atoms with E-state index in [4.69, 9.17) is 32.7 Å². The summed E-state index contributed by atoms with van der Waals surface area (Å²) in [7, 11) is 0. The van der Waals surface area contributed by atoms with Crippen molar-refractivity contribution in [2.24, 2.45) is 0 Å². The summed E-state index contributed by atoms with van der Waals surface area (Å²) in [5.74, 6) is -0.608. The normalized spacial score (nSPS) is 11.5. The SMILES string of the molecule is CC[C@H](Oc1ccccc1)C(=O)OCC(=O)Nc1c(Cl)cccc1Cl. The molecule has 0 aromatic heterocycles. The lowest BCUT2D eigenvalue weighted by Crippen LogP contribution is -2.31. The van der Waals surface area contributed by atoms with Crippen LogP contribution in [0.4, 0.5) is 5.69 Å². The molecule has 0 radical (unpaired) electrons. The van der Waals surface area contributed by atoms with Gasteiger partial charge in [0.15, 0.2) is 12.7 Å². The topological polar surface area (TPSA) is 64.6 Å². The highest BCUT2D eigenvalue weighted by Gasteiger charge is 2.21. The molecule has 1 N–H and O–H groups in total. The van der Waals surface area contributed by atoms with Crippen LogP contribution in [0.1, 0.15) is 13.3 Å². The number of hydrogen-bond acceptors (Lipinski definition) is 4. The molecule has 132 valence electrons. The van der Waals surface area contributed by atoms with E-state index in [1.54, 1.807) is 49.4 Å². The molecule has 0 aliphatic heterocycles. The van der Waals surface area contributed by atoms with E-state index in [2.05, 4.69) is 5.32 Å². The number of nitrogens with one attached hydrogen (secondary N) is 1. The van der Waals surface area contributed by atoms with Gasteiger partial charge in [-0.3, -0.25) is 4.79 Å². The Bertz CT molecular complexity index is 717. The molecule has 0 unspecified atom stereocenters. The Kier molecular flexibility index (Phi) is 7.10. The van der Waals surface area contributed by atoms with E-state index in [1.165, 1.54) is 0 Å². The number of halogens is 2. The Morgan fingerprint density at radius 2 is 1.68 bits per heavy atom. The number of ether oxygens (including phenoxy) is 2. The van der Waals surface area contributed by atoms with Crippen molar-refractivity contribution in [1.82, 2.24) is 0 Å². The molecule has 0 aliphatic rings. The first-order valence-corrected chi connectivity index (χ1v) is 8.39. The molecule has 2 aromatic rings. The van der Waals surface area contributed by atoms with Crippen molar-refractivity contribution in [1.29, 1.82) is 0 Å². The largest absolute Gasteiger partial charge is 0.479 e. The van der Waals surface area contributed by atoms with Crippen LogP contribution in [0.25, 0.3) is 0 Å². The first-order chi connectivity index (χ1) is 12.0. The summed E-state index contributed by atoms with van der Waals surface area (Å²) < 4.78 is 10.6. The van der Waals surface area contributed by atoms with Crippen molar-refractivity contribution in [2.45, 2.75) is 19.4 Å². The molecule has 2 rings (SSSR count). The Morgan fingerprint density at radius 1 is 1.04 bits per heavy atom. The molecule has 0 fully saturated rings. The summed E-state index contributed by atoms with van der Waals surface area (Å²) in [6.45, 7) is 1.33. The van der Waals surface area contributed by atoms with Crippen LogP contribution < -0.4 is 10.1 Å². The van der Waals surface area contributed by atoms with Gasteiger partial charge in [0.1, 0.15) is 5.75 Å². The summed E-state index contributed by atoms with van der Waals surface area (Å²) in [5, 5.41) is 3.11. The molecule has 1 atom stereocenters. The third kappa shape index (κ3) is 5.66. The van der Waals surface area contributed by atoms with Gasteiger partial charge in [-0.2, -0.15) is 0 Å². The molecule has 0 spiro atoms. The minimum atomic E-state index is -0.792. The van der Waals surface area contributed by atoms with Crippen LogP contribution in [-0.2, 0) is 14.3 Å². The molecular formula is C18H17Cl2NO4. The van der Waals surface area contributed by atoms with Gasteiger partial charge in [-0.25, -0.2) is 4.79 Å². The zero-order valence-electron chi connectivity index (χ0n) is 13.5. The third-order valence-corrected chi connectivity index (χ3v) is 3.86. The second kappa shape index (κ2) is 9.30. The summed E-state index contributed by atoms with van der Waals surface area (Å²) in [6, 6.07) is 13.8. The van der Waals surface area contributed by atoms with Crippen LogP contribution >= 0.6 is 23.2 Å². The van der Waals surface area contributed by atoms with Gasteiger partial charge in [-0.15, -0.1) is 0 Å². The van der Waals surface area contributed by atoms with Gasteiger partial charge in [0.2, 0.25) is 0 Å². The Hall–Kier alpha value is -2.24. The lowest BCUT2D eigenvalue weighted by atomic mass is 10.2. The number of rotatable bonds is 7. The molecule has 0 bridgehead atoms. The van der Waals surface area contributed by atoms with Crippen LogP contribution in [0.3, 0.4) is 0 Å². The van der Waals surface area contributed by atoms with E-state index < -0.39 is 24.6 Å². The van der Waals surface area contributed by atoms with E-state index in [-0.39, 0.29) is 5.69 Å². The second-order valence-electron chi connectivity index (χ2n) is 5.08. The predicted octanol–water partition coefficient (Wildman–Crippen LogP) is 4.33. The third-order valence-electron chi connectivity index (χ3n) is 3.23. The summed E-state index contributed by atoms with van der Waals surface area (Å²) in [5.41, 5.74) is 0.277. The van der Waals surface area contributed by atoms with Gasteiger partial charge in [0.25, 0.3) is 5.91 Å². The number of hydrogen-bond donors (Lipinski definition) is 1. The van der Waals surface area contributed by atoms with Gasteiger partial charge >= 0.3 is 5.97 Å². The molecule has 5 nitrogen and oxygen atoms in total. The van der Waals surface area contributed by atoms with Crippen molar-refractivity contribution in [3.63, 3.8) is 0 Å². The summed E-state index contributed by atoms with van der Waals surface area (Å²) >= 11 is 11.9. The fourth-order valence-corrected chi connectivity index (χ4v) is 2.48. The van der Waals surface area contributed by atoms with Gasteiger partial charge in [0.05, 0.1) is 15.7 Å².